The van der Waals surface area contributed by atoms with Crippen molar-refractivity contribution in [3.8, 4) is 0 Å². The van der Waals surface area contributed by atoms with Gasteiger partial charge in [0.2, 0.25) is 0 Å². The van der Waals surface area contributed by atoms with Crippen LogP contribution in [0, 0.1) is 34.0 Å². The molecule has 1 fully saturated rings. The Kier molecular flexibility index (Phi) is 6.74. The van der Waals surface area contributed by atoms with Crippen LogP contribution in [-0.4, -0.2) is 35.5 Å². The molecule has 0 spiro atoms. The van der Waals surface area contributed by atoms with Gasteiger partial charge < -0.3 is 14.9 Å². The lowest BCUT2D eigenvalue weighted by molar-refractivity contribution is -0.136. The van der Waals surface area contributed by atoms with Crippen LogP contribution >= 0.6 is 0 Å². The van der Waals surface area contributed by atoms with Gasteiger partial charge in [0.15, 0.2) is 0 Å². The van der Waals surface area contributed by atoms with Crippen molar-refractivity contribution >= 4 is 5.97 Å². The topological polar surface area (TPSA) is 66.8 Å². The molecular formula is C30H46O4. The van der Waals surface area contributed by atoms with Gasteiger partial charge in [-0.2, -0.15) is 0 Å². The fourth-order valence-electron chi connectivity index (χ4n) is 8.71. The molecule has 190 valence electrons. The fraction of sp³-hybridized carbons (Fsp3) is 0.767. The van der Waals surface area contributed by atoms with Crippen molar-refractivity contribution in [3.63, 3.8) is 0 Å². The Hall–Kier alpha value is -1.39. The van der Waals surface area contributed by atoms with Crippen LogP contribution in [0.3, 0.4) is 0 Å². The summed E-state index contributed by atoms with van der Waals surface area (Å²) in [6.45, 7) is 13.5. The molecule has 0 amide bonds. The van der Waals surface area contributed by atoms with Crippen molar-refractivity contribution in [1.29, 1.82) is 0 Å². The number of hydrogen-bond acceptors (Lipinski definition) is 4. The largest absolute Gasteiger partial charge is 0.466 e. The van der Waals surface area contributed by atoms with Crippen LogP contribution in [0.4, 0.5) is 0 Å². The average molecular weight is 471 g/mol. The standard InChI is InChI=1S/C30H46O4/c1-18(16-20(31)17-19(2)27(33)34-7)22-9-10-23-21-8-11-25-28(3,4)26(32)13-15-30(25,6)24(21)12-14-29(22,23)5/h10,17-18,20,22,25-26,31-32H,8-9,11-16H2,1-7H3/b19-17+/t18-,20-,22+,25+,26-,29+,30-/m1/s1. The maximum Gasteiger partial charge on any atom is 0.333 e. The zero-order valence-electron chi connectivity index (χ0n) is 22.4. The molecule has 34 heavy (non-hydrogen) atoms. The Balaban J connectivity index is 1.55. The van der Waals surface area contributed by atoms with Gasteiger partial charge in [0.1, 0.15) is 0 Å². The van der Waals surface area contributed by atoms with Crippen LogP contribution in [0.2, 0.25) is 0 Å². The second-order valence-electron chi connectivity index (χ2n) is 12.8. The maximum absolute atomic E-state index is 11.7. The SMILES string of the molecule is COC(=O)/C(C)=C/[C@H](O)C[C@@H](C)[C@@H]1CC=C2C3=C(CC[C@]21C)[C@@]1(C)CC[C@@H](O)C(C)(C)[C@@H]1CC3. The minimum atomic E-state index is -0.634. The van der Waals surface area contributed by atoms with Crippen LogP contribution in [0.5, 0.6) is 0 Å². The van der Waals surface area contributed by atoms with Crippen LogP contribution in [0.15, 0.2) is 34.4 Å². The lowest BCUT2D eigenvalue weighted by Crippen LogP contribution is -2.53. The van der Waals surface area contributed by atoms with Crippen molar-refractivity contribution < 1.29 is 19.7 Å². The van der Waals surface area contributed by atoms with E-state index < -0.39 is 6.10 Å². The summed E-state index contributed by atoms with van der Waals surface area (Å²) in [5.41, 5.74) is 5.72. The summed E-state index contributed by atoms with van der Waals surface area (Å²) in [6, 6.07) is 0. The van der Waals surface area contributed by atoms with Gasteiger partial charge >= 0.3 is 5.97 Å². The molecule has 2 N–H and O–H groups in total. The second-order valence-corrected chi connectivity index (χ2v) is 12.8. The van der Waals surface area contributed by atoms with E-state index in [1.807, 2.05) is 0 Å². The first-order valence-electron chi connectivity index (χ1n) is 13.4. The molecule has 4 rings (SSSR count). The quantitative estimate of drug-likeness (QED) is 0.374. The second kappa shape index (κ2) is 8.92. The minimum Gasteiger partial charge on any atom is -0.466 e. The van der Waals surface area contributed by atoms with Gasteiger partial charge in [-0.1, -0.05) is 46.3 Å². The lowest BCUT2D eigenvalue weighted by Gasteiger charge is -2.59. The number of carbonyl (C=O) groups excluding carboxylic acids is 1. The third-order valence-electron chi connectivity index (χ3n) is 10.7. The minimum absolute atomic E-state index is 0.0284. The molecule has 0 aliphatic heterocycles. The average Bonchev–Trinajstić information content (AvgIpc) is 3.13. The number of fused-ring (bicyclic) bond motifs is 4. The van der Waals surface area contributed by atoms with E-state index in [1.54, 1.807) is 29.7 Å². The Morgan fingerprint density at radius 1 is 1.18 bits per heavy atom. The van der Waals surface area contributed by atoms with Gasteiger partial charge in [0.25, 0.3) is 0 Å². The molecule has 0 aromatic heterocycles. The predicted molar refractivity (Wildman–Crippen MR) is 136 cm³/mol. The number of esters is 1. The molecule has 0 bridgehead atoms. The molecule has 0 unspecified atom stereocenters. The molecule has 1 saturated carbocycles. The summed E-state index contributed by atoms with van der Waals surface area (Å²) in [4.78, 5) is 11.7. The number of methoxy groups -OCH3 is 1. The van der Waals surface area contributed by atoms with Gasteiger partial charge in [-0.05, 0) is 110 Å². The van der Waals surface area contributed by atoms with E-state index >= 15 is 0 Å². The van der Waals surface area contributed by atoms with Gasteiger partial charge in [-0.25, -0.2) is 4.79 Å². The van der Waals surface area contributed by atoms with E-state index in [1.165, 1.54) is 20.0 Å². The summed E-state index contributed by atoms with van der Waals surface area (Å²) < 4.78 is 4.77. The fourth-order valence-corrected chi connectivity index (χ4v) is 8.71. The molecule has 0 saturated heterocycles. The summed E-state index contributed by atoms with van der Waals surface area (Å²) in [5.74, 6) is 1.03. The van der Waals surface area contributed by atoms with E-state index in [0.717, 1.165) is 32.1 Å². The zero-order valence-corrected chi connectivity index (χ0v) is 22.4. The maximum atomic E-state index is 11.7. The Morgan fingerprint density at radius 3 is 2.56 bits per heavy atom. The van der Waals surface area contributed by atoms with E-state index in [2.05, 4.69) is 40.7 Å². The molecule has 0 aromatic rings. The molecule has 4 nitrogen and oxygen atoms in total. The summed E-state index contributed by atoms with van der Waals surface area (Å²) in [6.07, 6.45) is 11.7. The molecule has 4 aliphatic carbocycles. The van der Waals surface area contributed by atoms with E-state index in [4.69, 9.17) is 4.74 Å². The monoisotopic (exact) mass is 470 g/mol. The van der Waals surface area contributed by atoms with E-state index in [0.29, 0.717) is 29.7 Å². The number of ether oxygens (including phenoxy) is 1. The highest BCUT2D eigenvalue weighted by molar-refractivity contribution is 5.87. The van der Waals surface area contributed by atoms with Gasteiger partial charge in [-0.3, -0.25) is 0 Å². The number of aliphatic hydroxyl groups excluding tert-OH is 2. The predicted octanol–water partition coefficient (Wildman–Crippen LogP) is 6.13. The lowest BCUT2D eigenvalue weighted by atomic mass is 9.46. The highest BCUT2D eigenvalue weighted by Gasteiger charge is 2.57. The summed E-state index contributed by atoms with van der Waals surface area (Å²) in [7, 11) is 1.37. The number of aliphatic hydroxyl groups is 2. The zero-order chi connectivity index (χ0) is 25.1. The van der Waals surface area contributed by atoms with Crippen molar-refractivity contribution in [2.75, 3.05) is 7.11 Å². The summed E-state index contributed by atoms with van der Waals surface area (Å²) in [5, 5.41) is 21.4. The van der Waals surface area contributed by atoms with Gasteiger partial charge in [-0.15, -0.1) is 0 Å². The number of rotatable bonds is 5. The first kappa shape index (κ1) is 25.7. The van der Waals surface area contributed by atoms with Crippen LogP contribution in [0.25, 0.3) is 0 Å². The molecular weight excluding hydrogens is 424 g/mol. The first-order valence-corrected chi connectivity index (χ1v) is 13.4. The molecule has 0 aromatic carbocycles. The van der Waals surface area contributed by atoms with Gasteiger partial charge in [0, 0.05) is 5.57 Å². The van der Waals surface area contributed by atoms with E-state index in [-0.39, 0.29) is 28.3 Å². The highest BCUT2D eigenvalue weighted by atomic mass is 16.5. The number of carbonyl (C=O) groups is 1. The molecule has 7 atom stereocenters. The third kappa shape index (κ3) is 3.93. The van der Waals surface area contributed by atoms with E-state index in [9.17, 15) is 15.0 Å². The van der Waals surface area contributed by atoms with Crippen molar-refractivity contribution in [2.24, 2.45) is 34.0 Å². The van der Waals surface area contributed by atoms with Crippen molar-refractivity contribution in [1.82, 2.24) is 0 Å². The summed E-state index contributed by atoms with van der Waals surface area (Å²) >= 11 is 0. The number of allylic oxidation sites excluding steroid dienone is 4. The van der Waals surface area contributed by atoms with Gasteiger partial charge in [0.05, 0.1) is 19.3 Å². The molecule has 4 heteroatoms. The number of hydrogen-bond donors (Lipinski definition) is 2. The van der Waals surface area contributed by atoms with Crippen LogP contribution in [0.1, 0.15) is 92.9 Å². The van der Waals surface area contributed by atoms with Crippen molar-refractivity contribution in [2.45, 2.75) is 105 Å². The smallest absolute Gasteiger partial charge is 0.333 e. The first-order chi connectivity index (χ1) is 15.9. The Morgan fingerprint density at radius 2 is 1.88 bits per heavy atom. The highest BCUT2D eigenvalue weighted by Crippen LogP contribution is 2.66. The van der Waals surface area contributed by atoms with Crippen LogP contribution < -0.4 is 0 Å². The Labute approximate surface area is 206 Å². The molecule has 4 aliphatic rings. The third-order valence-corrected chi connectivity index (χ3v) is 10.7. The van der Waals surface area contributed by atoms with Crippen LogP contribution in [-0.2, 0) is 9.53 Å². The van der Waals surface area contributed by atoms with Crippen molar-refractivity contribution in [3.05, 3.63) is 34.4 Å². The molecule has 0 radical (unpaired) electrons. The normalized spacial score (nSPS) is 38.9. The Bertz CT molecular complexity index is 924. The molecule has 0 heterocycles.